The number of hydrogen-bond acceptors (Lipinski definition) is 4. The van der Waals surface area contributed by atoms with E-state index >= 15 is 0 Å². The number of nitrogens with zero attached hydrogens (tertiary/aromatic N) is 1. The molecular formula is C12H16N2S2. The first-order valence-electron chi connectivity index (χ1n) is 5.42. The minimum atomic E-state index is 0.341. The number of nitrogens with one attached hydrogen (secondary N) is 1. The van der Waals surface area contributed by atoms with E-state index in [2.05, 4.69) is 41.0 Å². The summed E-state index contributed by atoms with van der Waals surface area (Å²) in [6, 6.07) is 3.01. The molecule has 0 fully saturated rings. The standard InChI is InChI=1S/C12H16N2S2/c1-9(7-11-3-5-15-8-11)14-10(2)12-13-4-6-16-12/h3-6,8-10,14H,7H2,1-2H3. The fraction of sp³-hybridized carbons (Fsp3) is 0.417. The molecule has 0 amide bonds. The Balaban J connectivity index is 1.85. The van der Waals surface area contributed by atoms with Gasteiger partial charge in [0.25, 0.3) is 0 Å². The third-order valence-corrected chi connectivity index (χ3v) is 4.17. The van der Waals surface area contributed by atoms with Gasteiger partial charge in [-0.15, -0.1) is 11.3 Å². The van der Waals surface area contributed by atoms with E-state index < -0.39 is 0 Å². The zero-order chi connectivity index (χ0) is 11.4. The second-order valence-corrected chi connectivity index (χ2v) is 5.70. The Bertz CT molecular complexity index is 395. The summed E-state index contributed by atoms with van der Waals surface area (Å²) in [5.41, 5.74) is 1.41. The molecule has 1 N–H and O–H groups in total. The van der Waals surface area contributed by atoms with Gasteiger partial charge in [-0.2, -0.15) is 11.3 Å². The van der Waals surface area contributed by atoms with Crippen LogP contribution in [0.1, 0.15) is 30.5 Å². The van der Waals surface area contributed by atoms with Crippen molar-refractivity contribution >= 4 is 22.7 Å². The van der Waals surface area contributed by atoms with E-state index in [1.165, 1.54) is 5.56 Å². The second kappa shape index (κ2) is 5.57. The molecule has 16 heavy (non-hydrogen) atoms. The van der Waals surface area contributed by atoms with Crippen LogP contribution < -0.4 is 5.32 Å². The maximum atomic E-state index is 4.32. The number of aromatic nitrogens is 1. The maximum Gasteiger partial charge on any atom is 0.109 e. The quantitative estimate of drug-likeness (QED) is 0.881. The lowest BCUT2D eigenvalue weighted by atomic mass is 10.1. The molecule has 0 saturated heterocycles. The fourth-order valence-electron chi connectivity index (χ4n) is 1.77. The van der Waals surface area contributed by atoms with Crippen LogP contribution in [-0.4, -0.2) is 11.0 Å². The van der Waals surface area contributed by atoms with E-state index in [-0.39, 0.29) is 0 Å². The van der Waals surface area contributed by atoms with Crippen LogP contribution in [0, 0.1) is 0 Å². The van der Waals surface area contributed by atoms with Crippen molar-refractivity contribution in [3.05, 3.63) is 39.0 Å². The molecule has 2 atom stereocenters. The minimum absolute atomic E-state index is 0.341. The summed E-state index contributed by atoms with van der Waals surface area (Å²) in [7, 11) is 0. The molecular weight excluding hydrogens is 236 g/mol. The lowest BCUT2D eigenvalue weighted by Gasteiger charge is -2.17. The lowest BCUT2D eigenvalue weighted by molar-refractivity contribution is 0.476. The van der Waals surface area contributed by atoms with Gasteiger partial charge in [0, 0.05) is 17.6 Å². The smallest absolute Gasteiger partial charge is 0.109 e. The molecule has 0 bridgehead atoms. The van der Waals surface area contributed by atoms with Crippen molar-refractivity contribution in [2.24, 2.45) is 0 Å². The van der Waals surface area contributed by atoms with Gasteiger partial charge in [0.1, 0.15) is 5.01 Å². The Morgan fingerprint density at radius 3 is 2.88 bits per heavy atom. The highest BCUT2D eigenvalue weighted by Gasteiger charge is 2.11. The van der Waals surface area contributed by atoms with Crippen molar-refractivity contribution < 1.29 is 0 Å². The summed E-state index contributed by atoms with van der Waals surface area (Å²) in [6.45, 7) is 4.39. The summed E-state index contributed by atoms with van der Waals surface area (Å²) in [4.78, 5) is 4.32. The van der Waals surface area contributed by atoms with Gasteiger partial charge in [-0.05, 0) is 42.7 Å². The van der Waals surface area contributed by atoms with E-state index in [1.807, 2.05) is 11.6 Å². The Kier molecular flexibility index (Phi) is 4.09. The first-order chi connectivity index (χ1) is 7.75. The number of rotatable bonds is 5. The first-order valence-corrected chi connectivity index (χ1v) is 7.24. The molecule has 0 aliphatic carbocycles. The Morgan fingerprint density at radius 1 is 1.38 bits per heavy atom. The average Bonchev–Trinajstić information content (AvgIpc) is 2.88. The molecule has 0 radical (unpaired) electrons. The monoisotopic (exact) mass is 252 g/mol. The summed E-state index contributed by atoms with van der Waals surface area (Å²) >= 11 is 3.47. The van der Waals surface area contributed by atoms with Gasteiger partial charge < -0.3 is 5.32 Å². The normalized spacial score (nSPS) is 14.9. The van der Waals surface area contributed by atoms with Crippen LogP contribution in [0.15, 0.2) is 28.4 Å². The molecule has 2 unspecified atom stereocenters. The largest absolute Gasteiger partial charge is 0.305 e. The highest BCUT2D eigenvalue weighted by molar-refractivity contribution is 7.09. The van der Waals surface area contributed by atoms with Crippen LogP contribution in [-0.2, 0) is 6.42 Å². The van der Waals surface area contributed by atoms with Crippen molar-refractivity contribution in [2.45, 2.75) is 32.4 Å². The van der Waals surface area contributed by atoms with Crippen molar-refractivity contribution in [2.75, 3.05) is 0 Å². The molecule has 86 valence electrons. The van der Waals surface area contributed by atoms with E-state index in [1.54, 1.807) is 22.7 Å². The molecule has 2 nitrogen and oxygen atoms in total. The van der Waals surface area contributed by atoms with E-state index in [9.17, 15) is 0 Å². The van der Waals surface area contributed by atoms with Crippen LogP contribution in [0.25, 0.3) is 0 Å². The summed E-state index contributed by atoms with van der Waals surface area (Å²) in [6.07, 6.45) is 2.95. The third-order valence-electron chi connectivity index (χ3n) is 2.48. The van der Waals surface area contributed by atoms with Gasteiger partial charge in [-0.1, -0.05) is 0 Å². The first kappa shape index (κ1) is 11.8. The van der Waals surface area contributed by atoms with Crippen molar-refractivity contribution in [3.63, 3.8) is 0 Å². The topological polar surface area (TPSA) is 24.9 Å². The Labute approximate surface area is 104 Å². The SMILES string of the molecule is CC(Cc1ccsc1)NC(C)c1nccs1. The van der Waals surface area contributed by atoms with Crippen LogP contribution in [0.4, 0.5) is 0 Å². The van der Waals surface area contributed by atoms with Gasteiger partial charge in [-0.25, -0.2) is 4.98 Å². The Hall–Kier alpha value is -0.710. The molecule has 2 aromatic rings. The second-order valence-electron chi connectivity index (χ2n) is 4.00. The predicted molar refractivity (Wildman–Crippen MR) is 71.1 cm³/mol. The van der Waals surface area contributed by atoms with Crippen molar-refractivity contribution in [1.82, 2.24) is 10.3 Å². The molecule has 2 aromatic heterocycles. The van der Waals surface area contributed by atoms with Crippen LogP contribution in [0.5, 0.6) is 0 Å². The highest BCUT2D eigenvalue weighted by atomic mass is 32.1. The zero-order valence-corrected chi connectivity index (χ0v) is 11.1. The Morgan fingerprint density at radius 2 is 2.25 bits per heavy atom. The van der Waals surface area contributed by atoms with Crippen LogP contribution in [0.2, 0.25) is 0 Å². The number of hydrogen-bond donors (Lipinski definition) is 1. The van der Waals surface area contributed by atoms with E-state index in [4.69, 9.17) is 0 Å². The molecule has 2 rings (SSSR count). The van der Waals surface area contributed by atoms with Crippen LogP contribution in [0.3, 0.4) is 0 Å². The molecule has 0 aliphatic rings. The summed E-state index contributed by atoms with van der Waals surface area (Å²) < 4.78 is 0. The zero-order valence-electron chi connectivity index (χ0n) is 9.51. The van der Waals surface area contributed by atoms with Gasteiger partial charge in [0.2, 0.25) is 0 Å². The van der Waals surface area contributed by atoms with Gasteiger partial charge in [-0.3, -0.25) is 0 Å². The summed E-state index contributed by atoms with van der Waals surface area (Å²) in [5.74, 6) is 0. The predicted octanol–water partition coefficient (Wildman–Crippen LogP) is 3.49. The number of thiazole rings is 1. The van der Waals surface area contributed by atoms with Crippen molar-refractivity contribution in [1.29, 1.82) is 0 Å². The van der Waals surface area contributed by atoms with Gasteiger partial charge in [0.15, 0.2) is 0 Å². The molecule has 0 aromatic carbocycles. The molecule has 0 spiro atoms. The molecule has 4 heteroatoms. The highest BCUT2D eigenvalue weighted by Crippen LogP contribution is 2.16. The molecule has 0 aliphatic heterocycles. The third kappa shape index (κ3) is 3.14. The van der Waals surface area contributed by atoms with Crippen molar-refractivity contribution in [3.8, 4) is 0 Å². The van der Waals surface area contributed by atoms with E-state index in [0.29, 0.717) is 12.1 Å². The fourth-order valence-corrected chi connectivity index (χ4v) is 3.10. The average molecular weight is 252 g/mol. The van der Waals surface area contributed by atoms with Gasteiger partial charge in [0.05, 0.1) is 6.04 Å². The summed E-state index contributed by atoms with van der Waals surface area (Å²) in [5, 5.41) is 11.1. The van der Waals surface area contributed by atoms with Crippen LogP contribution >= 0.6 is 22.7 Å². The van der Waals surface area contributed by atoms with Gasteiger partial charge >= 0.3 is 0 Å². The molecule has 0 saturated carbocycles. The van der Waals surface area contributed by atoms with E-state index in [0.717, 1.165) is 11.4 Å². The number of thiophene rings is 1. The lowest BCUT2D eigenvalue weighted by Crippen LogP contribution is -2.30. The minimum Gasteiger partial charge on any atom is -0.305 e. The maximum absolute atomic E-state index is 4.32. The molecule has 2 heterocycles.